The number of rotatable bonds is 3. The highest BCUT2D eigenvalue weighted by molar-refractivity contribution is 8.13. The number of hydrogen-bond donors (Lipinski definition) is 2. The van der Waals surface area contributed by atoms with Crippen LogP contribution in [0.1, 0.15) is 23.7 Å². The van der Waals surface area contributed by atoms with Crippen molar-refractivity contribution in [2.24, 2.45) is 4.99 Å². The highest BCUT2D eigenvalue weighted by Crippen LogP contribution is 2.09. The number of hydrogen-bond acceptors (Lipinski definition) is 4. The Labute approximate surface area is 127 Å². The number of carbonyl (C=O) groups is 2. The normalized spacial score (nSPS) is 11.1. The van der Waals surface area contributed by atoms with E-state index in [1.165, 1.54) is 0 Å². The van der Waals surface area contributed by atoms with Crippen molar-refractivity contribution in [1.82, 2.24) is 10.6 Å². The average Bonchev–Trinajstić information content (AvgIpc) is 2.45. The molecule has 0 aromatic heterocycles. The van der Waals surface area contributed by atoms with E-state index >= 15 is 0 Å². The number of guanidine groups is 1. The van der Waals surface area contributed by atoms with E-state index in [4.69, 9.17) is 11.6 Å². The predicted molar refractivity (Wildman–Crippen MR) is 83.6 cm³/mol. The Morgan fingerprint density at radius 3 is 2.45 bits per heavy atom. The van der Waals surface area contributed by atoms with Crippen molar-refractivity contribution in [1.29, 1.82) is 0 Å². The second kappa shape index (κ2) is 8.60. The molecule has 1 aromatic carbocycles. The number of aliphatic imine (C=N–C) groups is 1. The molecule has 5 nitrogen and oxygen atoms in total. The lowest BCUT2D eigenvalue weighted by Crippen LogP contribution is -2.42. The lowest BCUT2D eigenvalue weighted by molar-refractivity contribution is 0.0976. The van der Waals surface area contributed by atoms with E-state index in [0.717, 1.165) is 18.2 Å². The summed E-state index contributed by atoms with van der Waals surface area (Å²) in [6, 6.07) is 6.45. The van der Waals surface area contributed by atoms with Gasteiger partial charge in [0.1, 0.15) is 0 Å². The van der Waals surface area contributed by atoms with Crippen molar-refractivity contribution in [3.63, 3.8) is 0 Å². The van der Waals surface area contributed by atoms with Crippen LogP contribution in [-0.4, -0.2) is 29.9 Å². The first kappa shape index (κ1) is 16.5. The van der Waals surface area contributed by atoms with Gasteiger partial charge >= 0.3 is 0 Å². The summed E-state index contributed by atoms with van der Waals surface area (Å²) in [4.78, 5) is 27.5. The van der Waals surface area contributed by atoms with Crippen molar-refractivity contribution in [3.05, 3.63) is 34.9 Å². The van der Waals surface area contributed by atoms with Crippen molar-refractivity contribution < 1.29 is 9.59 Å². The maximum Gasteiger partial charge on any atom is 0.285 e. The van der Waals surface area contributed by atoms with Gasteiger partial charge in [0, 0.05) is 17.1 Å². The van der Waals surface area contributed by atoms with Crippen LogP contribution in [-0.2, 0) is 0 Å². The van der Waals surface area contributed by atoms with E-state index in [2.05, 4.69) is 15.6 Å². The molecule has 0 spiro atoms. The Bertz CT molecular complexity index is 503. The van der Waals surface area contributed by atoms with Crippen molar-refractivity contribution in [2.45, 2.75) is 13.3 Å². The van der Waals surface area contributed by atoms with E-state index in [0.29, 0.717) is 17.1 Å². The van der Waals surface area contributed by atoms with Crippen LogP contribution < -0.4 is 10.6 Å². The average molecular weight is 314 g/mol. The topological polar surface area (TPSA) is 70.6 Å². The van der Waals surface area contributed by atoms with Crippen LogP contribution in [0.5, 0.6) is 0 Å². The molecule has 1 rings (SSSR count). The number of benzene rings is 1. The lowest BCUT2D eigenvalue weighted by atomic mass is 10.2. The predicted octanol–water partition coefficient (Wildman–Crippen LogP) is 2.91. The molecule has 0 aliphatic carbocycles. The fourth-order valence-electron chi connectivity index (χ4n) is 1.26. The van der Waals surface area contributed by atoms with Gasteiger partial charge in [-0.2, -0.15) is 0 Å². The standard InChI is InChI=1S/C13H16ClN3O2S/c1-3-8-15-12(17-13(19)20-2)16-11(18)9-4-6-10(14)7-5-9/h4-7H,3,8H2,1-2H3,(H2,15,16,17,18,19). The second-order valence-corrected chi connectivity index (χ2v) is 5.02. The molecule has 1 aromatic rings. The van der Waals surface area contributed by atoms with Crippen LogP contribution in [0.4, 0.5) is 4.79 Å². The van der Waals surface area contributed by atoms with Gasteiger partial charge in [-0.1, -0.05) is 30.3 Å². The second-order valence-electron chi connectivity index (χ2n) is 3.81. The summed E-state index contributed by atoms with van der Waals surface area (Å²) in [6.45, 7) is 2.48. The van der Waals surface area contributed by atoms with Crippen molar-refractivity contribution in [2.75, 3.05) is 12.8 Å². The Balaban J connectivity index is 2.75. The smallest absolute Gasteiger partial charge is 0.285 e. The molecular weight excluding hydrogens is 298 g/mol. The lowest BCUT2D eigenvalue weighted by Gasteiger charge is -2.09. The molecule has 2 amide bonds. The molecule has 0 saturated carbocycles. The Hall–Kier alpha value is -1.53. The summed E-state index contributed by atoms with van der Waals surface area (Å²) < 4.78 is 0. The molecule has 7 heteroatoms. The maximum absolute atomic E-state index is 12.0. The van der Waals surface area contributed by atoms with E-state index in [1.54, 1.807) is 30.5 Å². The Morgan fingerprint density at radius 1 is 1.25 bits per heavy atom. The third-order valence-electron chi connectivity index (χ3n) is 2.24. The van der Waals surface area contributed by atoms with Crippen molar-refractivity contribution >= 4 is 40.5 Å². The molecule has 0 atom stereocenters. The summed E-state index contributed by atoms with van der Waals surface area (Å²) in [7, 11) is 0. The molecule has 0 radical (unpaired) electrons. The van der Waals surface area contributed by atoms with Crippen LogP contribution in [0.25, 0.3) is 0 Å². The third-order valence-corrected chi connectivity index (χ3v) is 2.96. The zero-order chi connectivity index (χ0) is 15.0. The van der Waals surface area contributed by atoms with Gasteiger partial charge in [-0.3, -0.25) is 25.2 Å². The van der Waals surface area contributed by atoms with E-state index < -0.39 is 0 Å². The Kier molecular flexibility index (Phi) is 7.11. The first-order valence-electron chi connectivity index (χ1n) is 6.03. The molecule has 0 unspecified atom stereocenters. The van der Waals surface area contributed by atoms with Crippen LogP contribution in [0.2, 0.25) is 5.02 Å². The quantitative estimate of drug-likeness (QED) is 0.666. The molecule has 20 heavy (non-hydrogen) atoms. The van der Waals surface area contributed by atoms with Crippen LogP contribution in [0.15, 0.2) is 29.3 Å². The first-order chi connectivity index (χ1) is 9.56. The van der Waals surface area contributed by atoms with E-state index in [-0.39, 0.29) is 17.1 Å². The van der Waals surface area contributed by atoms with Crippen LogP contribution in [0.3, 0.4) is 0 Å². The fraction of sp³-hybridized carbons (Fsp3) is 0.308. The minimum Gasteiger partial charge on any atom is -0.292 e. The number of amides is 2. The summed E-state index contributed by atoms with van der Waals surface area (Å²) >= 11 is 6.77. The van der Waals surface area contributed by atoms with Gasteiger partial charge in [0.2, 0.25) is 5.96 Å². The molecule has 0 heterocycles. The van der Waals surface area contributed by atoms with Gasteiger partial charge < -0.3 is 0 Å². The summed E-state index contributed by atoms with van der Waals surface area (Å²) in [6.07, 6.45) is 2.46. The summed E-state index contributed by atoms with van der Waals surface area (Å²) in [5.41, 5.74) is 0.442. The molecule has 0 fully saturated rings. The molecule has 0 bridgehead atoms. The van der Waals surface area contributed by atoms with Gasteiger partial charge in [-0.25, -0.2) is 0 Å². The molecule has 0 saturated heterocycles. The van der Waals surface area contributed by atoms with Crippen LogP contribution in [0, 0.1) is 0 Å². The number of thioether (sulfide) groups is 1. The largest absolute Gasteiger partial charge is 0.292 e. The zero-order valence-electron chi connectivity index (χ0n) is 11.3. The van der Waals surface area contributed by atoms with Gasteiger partial charge in [-0.15, -0.1) is 0 Å². The first-order valence-corrected chi connectivity index (χ1v) is 7.63. The maximum atomic E-state index is 12.0. The van der Waals surface area contributed by atoms with Gasteiger partial charge in [0.05, 0.1) is 0 Å². The fourth-order valence-corrected chi connectivity index (χ4v) is 1.59. The zero-order valence-corrected chi connectivity index (χ0v) is 12.8. The van der Waals surface area contributed by atoms with Crippen molar-refractivity contribution in [3.8, 4) is 0 Å². The minimum atomic E-state index is -0.349. The minimum absolute atomic E-state index is 0.158. The number of carbonyl (C=O) groups excluding carboxylic acids is 2. The van der Waals surface area contributed by atoms with Gasteiger partial charge in [0.25, 0.3) is 11.1 Å². The summed E-state index contributed by atoms with van der Waals surface area (Å²) in [5.74, 6) is -0.191. The number of halogens is 1. The van der Waals surface area contributed by atoms with E-state index in [1.807, 2.05) is 6.92 Å². The van der Waals surface area contributed by atoms with E-state index in [9.17, 15) is 9.59 Å². The number of nitrogens with zero attached hydrogens (tertiary/aromatic N) is 1. The highest BCUT2D eigenvalue weighted by Gasteiger charge is 2.10. The third kappa shape index (κ3) is 5.63. The number of nitrogens with one attached hydrogen (secondary N) is 2. The van der Waals surface area contributed by atoms with Gasteiger partial charge in [0.15, 0.2) is 0 Å². The molecule has 0 aliphatic rings. The van der Waals surface area contributed by atoms with Crippen LogP contribution >= 0.6 is 23.4 Å². The highest BCUT2D eigenvalue weighted by atomic mass is 35.5. The monoisotopic (exact) mass is 313 g/mol. The Morgan fingerprint density at radius 2 is 1.90 bits per heavy atom. The van der Waals surface area contributed by atoms with Gasteiger partial charge in [-0.05, 0) is 36.9 Å². The SMILES string of the molecule is CCCN=C(NC(=O)SC)NC(=O)c1ccc(Cl)cc1. The molecule has 108 valence electrons. The molecular formula is C13H16ClN3O2S. The molecule has 2 N–H and O–H groups in total. The molecule has 0 aliphatic heterocycles. The summed E-state index contributed by atoms with van der Waals surface area (Å²) in [5, 5.41) is 5.38.